The molecule has 1 saturated carbocycles. The molecular weight excluding hydrogens is 242 g/mol. The summed E-state index contributed by atoms with van der Waals surface area (Å²) in [5, 5.41) is 0. The van der Waals surface area contributed by atoms with Crippen LogP contribution in [0.25, 0.3) is 0 Å². The Morgan fingerprint density at radius 3 is 2.58 bits per heavy atom. The average Bonchev–Trinajstić information content (AvgIpc) is 2.47. The molecule has 1 aliphatic carbocycles. The zero-order valence-electron chi connectivity index (χ0n) is 12.7. The summed E-state index contributed by atoms with van der Waals surface area (Å²) in [7, 11) is 3.19. The lowest BCUT2D eigenvalue weighted by Crippen LogP contribution is -2.44. The molecule has 0 heterocycles. The third kappa shape index (κ3) is 5.49. The van der Waals surface area contributed by atoms with Crippen LogP contribution in [0.2, 0.25) is 0 Å². The Balaban J connectivity index is 2.56. The molecule has 0 N–H and O–H groups in total. The molecule has 0 spiro atoms. The highest BCUT2D eigenvalue weighted by molar-refractivity contribution is 5.69. The first-order valence-corrected chi connectivity index (χ1v) is 7.52. The van der Waals surface area contributed by atoms with Crippen LogP contribution in [0.15, 0.2) is 0 Å². The number of rotatable bonds is 8. The van der Waals surface area contributed by atoms with Crippen LogP contribution in [0.1, 0.15) is 45.4 Å². The number of nitrogens with zero attached hydrogens (tertiary/aromatic N) is 1. The van der Waals surface area contributed by atoms with Crippen molar-refractivity contribution in [1.82, 2.24) is 4.90 Å². The van der Waals surface area contributed by atoms with Crippen LogP contribution in [0.3, 0.4) is 0 Å². The van der Waals surface area contributed by atoms with E-state index in [0.29, 0.717) is 12.5 Å². The van der Waals surface area contributed by atoms with Crippen LogP contribution < -0.4 is 0 Å². The molecule has 0 amide bonds. The first-order valence-electron chi connectivity index (χ1n) is 7.52. The van der Waals surface area contributed by atoms with Crippen LogP contribution >= 0.6 is 0 Å². The monoisotopic (exact) mass is 271 g/mol. The van der Waals surface area contributed by atoms with E-state index < -0.39 is 0 Å². The van der Waals surface area contributed by atoms with Crippen molar-refractivity contribution < 1.29 is 14.3 Å². The number of hydrogen-bond acceptors (Lipinski definition) is 4. The van der Waals surface area contributed by atoms with Crippen LogP contribution in [-0.2, 0) is 14.3 Å². The Kier molecular flexibility index (Phi) is 8.07. The molecule has 1 fully saturated rings. The fourth-order valence-corrected chi connectivity index (χ4v) is 3.13. The van der Waals surface area contributed by atoms with E-state index in [-0.39, 0.29) is 5.97 Å². The Morgan fingerprint density at radius 2 is 1.95 bits per heavy atom. The van der Waals surface area contributed by atoms with Crippen LogP contribution in [0.4, 0.5) is 0 Å². The van der Waals surface area contributed by atoms with Gasteiger partial charge >= 0.3 is 5.97 Å². The van der Waals surface area contributed by atoms with E-state index in [1.54, 1.807) is 7.11 Å². The normalized spacial score (nSPS) is 23.6. The maximum atomic E-state index is 11.3. The van der Waals surface area contributed by atoms with Crippen LogP contribution in [-0.4, -0.2) is 50.8 Å². The molecule has 0 saturated heterocycles. The first-order chi connectivity index (χ1) is 9.22. The number of methoxy groups -OCH3 is 2. The fourth-order valence-electron chi connectivity index (χ4n) is 3.13. The minimum absolute atomic E-state index is 0.119. The Labute approximate surface area is 117 Å². The van der Waals surface area contributed by atoms with E-state index in [2.05, 4.69) is 11.8 Å². The maximum absolute atomic E-state index is 11.3. The predicted molar refractivity (Wildman–Crippen MR) is 76.1 cm³/mol. The molecule has 0 radical (unpaired) electrons. The summed E-state index contributed by atoms with van der Waals surface area (Å²) in [5.41, 5.74) is 0. The van der Waals surface area contributed by atoms with Gasteiger partial charge in [-0.3, -0.25) is 9.69 Å². The summed E-state index contributed by atoms with van der Waals surface area (Å²) in [4.78, 5) is 13.8. The van der Waals surface area contributed by atoms with Gasteiger partial charge in [0.25, 0.3) is 0 Å². The zero-order valence-corrected chi connectivity index (χ0v) is 12.7. The van der Waals surface area contributed by atoms with Crippen LogP contribution in [0, 0.1) is 5.92 Å². The summed E-state index contributed by atoms with van der Waals surface area (Å²) < 4.78 is 9.96. The number of carbonyl (C=O) groups excluding carboxylic acids is 1. The van der Waals surface area contributed by atoms with Gasteiger partial charge in [-0.2, -0.15) is 0 Å². The molecule has 0 aliphatic heterocycles. The fraction of sp³-hybridized carbons (Fsp3) is 0.933. The largest absolute Gasteiger partial charge is 0.469 e. The standard InChI is InChI=1S/C15H29NO3/c1-4-13-7-5-6-8-14(13)16(11-12-18-2)10-9-15(17)19-3/h13-14H,4-12H2,1-3H3. The highest BCUT2D eigenvalue weighted by Crippen LogP contribution is 2.30. The molecule has 19 heavy (non-hydrogen) atoms. The number of esters is 1. The lowest BCUT2D eigenvalue weighted by atomic mass is 9.82. The van der Waals surface area contributed by atoms with Crippen molar-refractivity contribution in [2.75, 3.05) is 33.9 Å². The number of hydrogen-bond donors (Lipinski definition) is 0. The Bertz CT molecular complexity index is 258. The Morgan fingerprint density at radius 1 is 1.21 bits per heavy atom. The summed E-state index contributed by atoms with van der Waals surface area (Å²) >= 11 is 0. The van der Waals surface area contributed by atoms with E-state index in [1.165, 1.54) is 39.2 Å². The topological polar surface area (TPSA) is 38.8 Å². The quantitative estimate of drug-likeness (QED) is 0.636. The van der Waals surface area contributed by atoms with Crippen molar-refractivity contribution in [3.63, 3.8) is 0 Å². The van der Waals surface area contributed by atoms with Gasteiger partial charge in [0, 0.05) is 26.2 Å². The van der Waals surface area contributed by atoms with Crippen molar-refractivity contribution in [3.05, 3.63) is 0 Å². The van der Waals surface area contributed by atoms with Gasteiger partial charge in [-0.1, -0.05) is 26.2 Å². The predicted octanol–water partition coefficient (Wildman–Crippen LogP) is 2.47. The second kappa shape index (κ2) is 9.32. The van der Waals surface area contributed by atoms with Gasteiger partial charge in [0.2, 0.25) is 0 Å². The van der Waals surface area contributed by atoms with Crippen molar-refractivity contribution in [2.45, 2.75) is 51.5 Å². The van der Waals surface area contributed by atoms with Crippen molar-refractivity contribution in [3.8, 4) is 0 Å². The number of ether oxygens (including phenoxy) is 2. The lowest BCUT2D eigenvalue weighted by molar-refractivity contribution is -0.141. The van der Waals surface area contributed by atoms with E-state index >= 15 is 0 Å². The van der Waals surface area contributed by atoms with E-state index in [4.69, 9.17) is 9.47 Å². The molecule has 2 unspecified atom stereocenters. The van der Waals surface area contributed by atoms with Gasteiger partial charge in [0.15, 0.2) is 0 Å². The molecule has 0 aromatic carbocycles. The first kappa shape index (κ1) is 16.4. The minimum atomic E-state index is -0.119. The minimum Gasteiger partial charge on any atom is -0.469 e. The van der Waals surface area contributed by atoms with Gasteiger partial charge in [0.1, 0.15) is 0 Å². The van der Waals surface area contributed by atoms with Gasteiger partial charge in [-0.05, 0) is 18.8 Å². The van der Waals surface area contributed by atoms with E-state index in [1.807, 2.05) is 0 Å². The van der Waals surface area contributed by atoms with Gasteiger partial charge in [-0.15, -0.1) is 0 Å². The maximum Gasteiger partial charge on any atom is 0.306 e. The molecule has 4 nitrogen and oxygen atoms in total. The third-order valence-electron chi connectivity index (χ3n) is 4.28. The smallest absolute Gasteiger partial charge is 0.306 e. The molecule has 1 rings (SSSR count). The van der Waals surface area contributed by atoms with E-state index in [9.17, 15) is 4.79 Å². The van der Waals surface area contributed by atoms with Gasteiger partial charge in [0.05, 0.1) is 20.1 Å². The molecular formula is C15H29NO3. The molecule has 2 atom stereocenters. The number of carbonyl (C=O) groups is 1. The molecule has 4 heteroatoms. The van der Waals surface area contributed by atoms with Gasteiger partial charge in [-0.25, -0.2) is 0 Å². The molecule has 0 aromatic rings. The highest BCUT2D eigenvalue weighted by Gasteiger charge is 2.28. The summed E-state index contributed by atoms with van der Waals surface area (Å²) in [6.45, 7) is 4.71. The molecule has 1 aliphatic rings. The SMILES string of the molecule is CCC1CCCCC1N(CCOC)CCC(=O)OC. The summed E-state index contributed by atoms with van der Waals surface area (Å²) in [6.07, 6.45) is 6.94. The third-order valence-corrected chi connectivity index (χ3v) is 4.28. The van der Waals surface area contributed by atoms with Gasteiger partial charge < -0.3 is 9.47 Å². The molecule has 112 valence electrons. The molecule has 0 aromatic heterocycles. The lowest BCUT2D eigenvalue weighted by Gasteiger charge is -2.39. The van der Waals surface area contributed by atoms with Crippen molar-refractivity contribution >= 4 is 5.97 Å². The highest BCUT2D eigenvalue weighted by atomic mass is 16.5. The van der Waals surface area contributed by atoms with E-state index in [0.717, 1.165) is 25.6 Å². The van der Waals surface area contributed by atoms with Crippen molar-refractivity contribution in [2.24, 2.45) is 5.92 Å². The van der Waals surface area contributed by atoms with Crippen molar-refractivity contribution in [1.29, 1.82) is 0 Å². The molecule has 0 bridgehead atoms. The summed E-state index contributed by atoms with van der Waals surface area (Å²) in [6, 6.07) is 0.610. The summed E-state index contributed by atoms with van der Waals surface area (Å²) in [5.74, 6) is 0.648. The second-order valence-corrected chi connectivity index (χ2v) is 5.38. The Hall–Kier alpha value is -0.610. The zero-order chi connectivity index (χ0) is 14.1. The van der Waals surface area contributed by atoms with Crippen LogP contribution in [0.5, 0.6) is 0 Å². The average molecular weight is 271 g/mol. The second-order valence-electron chi connectivity index (χ2n) is 5.38.